The van der Waals surface area contributed by atoms with Gasteiger partial charge < -0.3 is 41.3 Å². The van der Waals surface area contributed by atoms with E-state index in [2.05, 4.69) is 10.6 Å². The topological polar surface area (TPSA) is 229 Å². The van der Waals surface area contributed by atoms with Crippen molar-refractivity contribution in [2.75, 3.05) is 7.05 Å². The monoisotopic (exact) mass is 560 g/mol. The highest BCUT2D eigenvalue weighted by Crippen LogP contribution is 2.30. The lowest BCUT2D eigenvalue weighted by atomic mass is 10.0. The maximum absolute atomic E-state index is 13.1. The average molecular weight is 561 g/mol. The highest BCUT2D eigenvalue weighted by atomic mass is 16.6. The summed E-state index contributed by atoms with van der Waals surface area (Å²) in [4.78, 5) is 64.5. The lowest BCUT2D eigenvalue weighted by Crippen LogP contribution is -2.59. The van der Waals surface area contributed by atoms with Crippen LogP contribution in [0.5, 0.6) is 5.75 Å². The molecule has 0 radical (unpaired) electrons. The van der Waals surface area contributed by atoms with E-state index in [1.165, 1.54) is 37.9 Å². The smallest absolute Gasteiger partial charge is 0.331 e. The van der Waals surface area contributed by atoms with Crippen molar-refractivity contribution in [2.24, 2.45) is 5.73 Å². The molecule has 1 fully saturated rings. The van der Waals surface area contributed by atoms with Gasteiger partial charge in [0.1, 0.15) is 29.8 Å². The summed E-state index contributed by atoms with van der Waals surface area (Å²) in [7, 11) is 1.42. The number of aromatic nitrogens is 2. The molecule has 1 saturated heterocycles. The average Bonchev–Trinajstić information content (AvgIpc) is 3.17. The number of nitrogens with two attached hydrogens (primary N) is 1. The fourth-order valence-corrected chi connectivity index (χ4v) is 4.14. The third-order valence-electron chi connectivity index (χ3n) is 6.41. The molecule has 0 unspecified atom stereocenters. The second-order valence-corrected chi connectivity index (χ2v) is 9.37. The van der Waals surface area contributed by atoms with Crippen molar-refractivity contribution in [1.29, 1.82) is 0 Å². The molecule has 15 heteroatoms. The normalized spacial score (nSPS) is 21.6. The second-order valence-electron chi connectivity index (χ2n) is 9.37. The summed E-state index contributed by atoms with van der Waals surface area (Å²) < 4.78 is 6.31. The van der Waals surface area contributed by atoms with Crippen molar-refractivity contribution in [2.45, 2.75) is 56.8 Å². The molecule has 0 spiro atoms. The molecule has 1 aromatic carbocycles. The molecule has 40 heavy (non-hydrogen) atoms. The third-order valence-corrected chi connectivity index (χ3v) is 6.41. The first-order chi connectivity index (χ1) is 18.8. The number of aliphatic hydroxyl groups excluding tert-OH is 2. The first kappa shape index (κ1) is 30.1. The molecule has 0 bridgehead atoms. The number of nitrogens with one attached hydrogen (secondary N) is 3. The van der Waals surface area contributed by atoms with Crippen LogP contribution in [-0.2, 0) is 25.5 Å². The zero-order valence-corrected chi connectivity index (χ0v) is 22.0. The summed E-state index contributed by atoms with van der Waals surface area (Å²) in [5.41, 5.74) is 5.16. The van der Waals surface area contributed by atoms with Crippen LogP contribution < -0.4 is 27.6 Å². The zero-order valence-electron chi connectivity index (χ0n) is 22.0. The standard InChI is InChI=1S/C25H32N6O9/c1-12(30(3)23(38)16(26)10-14-5-4-6-15(33)9-14)19(28-13(2)32)22(37)27-11-17-20(35)21(36)24(40-17)31-8-7-18(34)29-25(31)39/h4-9,11-12,16,19-21,24,33,35-36H,10,26H2,1-3H3,(H,27,37)(H,28,32)(H,29,34,39)/b17-11-/t12-,16-,19-,20+,21+,24+/m0/s1. The minimum Gasteiger partial charge on any atom is -0.508 e. The van der Waals surface area contributed by atoms with Crippen molar-refractivity contribution in [3.8, 4) is 5.75 Å². The fraction of sp³-hybridized carbons (Fsp3) is 0.400. The molecule has 8 N–H and O–H groups in total. The van der Waals surface area contributed by atoms with Gasteiger partial charge in [-0.2, -0.15) is 0 Å². The molecule has 6 atom stereocenters. The van der Waals surface area contributed by atoms with Crippen molar-refractivity contribution in [1.82, 2.24) is 25.1 Å². The number of nitrogens with zero attached hydrogens (tertiary/aromatic N) is 2. The molecule has 3 rings (SSSR count). The Hall–Kier alpha value is -4.47. The quantitative estimate of drug-likeness (QED) is 0.169. The molecule has 1 aliphatic rings. The van der Waals surface area contributed by atoms with Crippen LogP contribution in [0.4, 0.5) is 0 Å². The van der Waals surface area contributed by atoms with Crippen LogP contribution in [0.15, 0.2) is 58.1 Å². The largest absolute Gasteiger partial charge is 0.508 e. The number of hydrogen-bond donors (Lipinski definition) is 7. The van der Waals surface area contributed by atoms with Gasteiger partial charge >= 0.3 is 5.69 Å². The van der Waals surface area contributed by atoms with E-state index < -0.39 is 65.5 Å². The number of carbonyl (C=O) groups is 3. The van der Waals surface area contributed by atoms with Crippen molar-refractivity contribution in [3.05, 3.63) is 74.9 Å². The number of hydrogen-bond acceptors (Lipinski definition) is 10. The number of phenolic OH excluding ortho intramolecular Hbond substituents is 1. The Bertz CT molecular complexity index is 1400. The molecular formula is C25H32N6O9. The number of aromatic amines is 1. The Labute approximate surface area is 227 Å². The minimum atomic E-state index is -1.64. The molecule has 0 saturated carbocycles. The zero-order chi connectivity index (χ0) is 29.7. The SMILES string of the molecule is CC(=O)N[C@H](C(=O)N/C=C1\O[C@@H](n2ccc(=O)[nH]c2=O)[C@H](O)[C@@H]1O)[C@H](C)N(C)C(=O)[C@@H](N)Cc1cccc(O)c1. The van der Waals surface area contributed by atoms with Crippen molar-refractivity contribution < 1.29 is 34.4 Å². The maximum atomic E-state index is 13.1. The number of aromatic hydroxyl groups is 1. The van der Waals surface area contributed by atoms with Crippen molar-refractivity contribution >= 4 is 17.7 Å². The number of carbonyl (C=O) groups excluding carboxylic acids is 3. The van der Waals surface area contributed by atoms with Gasteiger partial charge in [-0.05, 0) is 31.0 Å². The van der Waals surface area contributed by atoms with E-state index in [1.807, 2.05) is 4.98 Å². The molecule has 3 amide bonds. The summed E-state index contributed by atoms with van der Waals surface area (Å²) in [6, 6.07) is 4.14. The van der Waals surface area contributed by atoms with Crippen LogP contribution in [0.2, 0.25) is 0 Å². The maximum Gasteiger partial charge on any atom is 0.331 e. The number of phenols is 1. The third kappa shape index (κ3) is 6.93. The number of ether oxygens (including phenoxy) is 1. The Balaban J connectivity index is 1.72. The lowest BCUT2D eigenvalue weighted by Gasteiger charge is -2.33. The van der Waals surface area contributed by atoms with Gasteiger partial charge in [-0.3, -0.25) is 28.7 Å². The van der Waals surface area contributed by atoms with Crippen LogP contribution in [0.3, 0.4) is 0 Å². The van der Waals surface area contributed by atoms with E-state index in [0.29, 0.717) is 5.56 Å². The molecule has 2 aromatic rings. The predicted molar refractivity (Wildman–Crippen MR) is 139 cm³/mol. The summed E-state index contributed by atoms with van der Waals surface area (Å²) in [6.45, 7) is 2.71. The molecule has 216 valence electrons. The van der Waals surface area contributed by atoms with Crippen molar-refractivity contribution in [3.63, 3.8) is 0 Å². The van der Waals surface area contributed by atoms with E-state index in [9.17, 15) is 39.3 Å². The van der Waals surface area contributed by atoms with Gasteiger partial charge in [0.2, 0.25) is 23.9 Å². The summed E-state index contributed by atoms with van der Waals surface area (Å²) >= 11 is 0. The Morgan fingerprint density at radius 1 is 1.25 bits per heavy atom. The molecule has 0 aliphatic carbocycles. The van der Waals surface area contributed by atoms with Gasteiger partial charge in [0.25, 0.3) is 5.56 Å². The molecule has 2 heterocycles. The van der Waals surface area contributed by atoms with Crippen LogP contribution in [-0.4, -0.2) is 84.9 Å². The van der Waals surface area contributed by atoms with Crippen LogP contribution in [0.25, 0.3) is 0 Å². The summed E-state index contributed by atoms with van der Waals surface area (Å²) in [6.07, 6.45) is -2.50. The first-order valence-electron chi connectivity index (χ1n) is 12.2. The Morgan fingerprint density at radius 2 is 1.95 bits per heavy atom. The van der Waals surface area contributed by atoms with Crippen LogP contribution >= 0.6 is 0 Å². The number of likely N-dealkylation sites (N-methyl/N-ethyl adjacent to an activating group) is 1. The fourth-order valence-electron chi connectivity index (χ4n) is 4.14. The van der Waals surface area contributed by atoms with E-state index in [4.69, 9.17) is 10.5 Å². The molecular weight excluding hydrogens is 528 g/mol. The Morgan fingerprint density at radius 3 is 2.58 bits per heavy atom. The number of H-pyrrole nitrogens is 1. The van der Waals surface area contributed by atoms with E-state index >= 15 is 0 Å². The first-order valence-corrected chi connectivity index (χ1v) is 12.2. The highest BCUT2D eigenvalue weighted by molar-refractivity contribution is 5.89. The summed E-state index contributed by atoms with van der Waals surface area (Å²) in [5, 5.41) is 35.2. The van der Waals surface area contributed by atoms with E-state index in [0.717, 1.165) is 23.0 Å². The predicted octanol–water partition coefficient (Wildman–Crippen LogP) is -2.63. The second kappa shape index (κ2) is 12.6. The van der Waals surface area contributed by atoms with Gasteiger partial charge in [-0.1, -0.05) is 12.1 Å². The van der Waals surface area contributed by atoms with Gasteiger partial charge in [-0.25, -0.2) is 4.79 Å². The molecule has 1 aromatic heterocycles. The van der Waals surface area contributed by atoms with Crippen LogP contribution in [0.1, 0.15) is 25.6 Å². The number of amides is 3. The van der Waals surface area contributed by atoms with Gasteiger partial charge in [0.15, 0.2) is 0 Å². The molecule has 15 nitrogen and oxygen atoms in total. The summed E-state index contributed by atoms with van der Waals surface area (Å²) in [5.74, 6) is -2.14. The molecule has 1 aliphatic heterocycles. The van der Waals surface area contributed by atoms with Crippen LogP contribution in [0, 0.1) is 0 Å². The Kier molecular flexibility index (Phi) is 9.47. The van der Waals surface area contributed by atoms with E-state index in [-0.39, 0.29) is 17.9 Å². The van der Waals surface area contributed by atoms with Gasteiger partial charge in [0, 0.05) is 32.4 Å². The van der Waals surface area contributed by atoms with Gasteiger partial charge in [-0.15, -0.1) is 0 Å². The highest BCUT2D eigenvalue weighted by Gasteiger charge is 2.42. The number of benzene rings is 1. The van der Waals surface area contributed by atoms with Gasteiger partial charge in [0.05, 0.1) is 12.1 Å². The van der Waals surface area contributed by atoms with E-state index in [1.54, 1.807) is 12.1 Å². The minimum absolute atomic E-state index is 0.0244. The number of aliphatic hydroxyl groups is 2. The number of rotatable bonds is 9. The lowest BCUT2D eigenvalue weighted by molar-refractivity contribution is -0.136.